The highest BCUT2D eigenvalue weighted by atomic mass is 32.2. The molecule has 3 unspecified atom stereocenters. The van der Waals surface area contributed by atoms with E-state index < -0.39 is 10.8 Å². The molecule has 0 aromatic heterocycles. The van der Waals surface area contributed by atoms with Gasteiger partial charge in [0.15, 0.2) is 0 Å². The first-order chi connectivity index (χ1) is 7.95. The van der Waals surface area contributed by atoms with Crippen molar-refractivity contribution in [3.05, 3.63) is 29.3 Å². The molecule has 0 saturated heterocycles. The van der Waals surface area contributed by atoms with Crippen LogP contribution in [0.25, 0.3) is 0 Å². The second-order valence-electron chi connectivity index (χ2n) is 4.83. The quantitative estimate of drug-likeness (QED) is 0.877. The van der Waals surface area contributed by atoms with Gasteiger partial charge in [-0.3, -0.25) is 4.21 Å². The molecule has 0 heterocycles. The van der Waals surface area contributed by atoms with Crippen LogP contribution in [0.15, 0.2) is 23.1 Å². The van der Waals surface area contributed by atoms with Crippen LogP contribution in [0, 0.1) is 19.8 Å². The van der Waals surface area contributed by atoms with Crippen LogP contribution in [0.2, 0.25) is 0 Å². The first-order valence-electron chi connectivity index (χ1n) is 6.17. The van der Waals surface area contributed by atoms with Gasteiger partial charge in [0, 0.05) is 16.7 Å². The molecule has 0 fully saturated rings. The molecule has 0 aliphatic carbocycles. The highest BCUT2D eigenvalue weighted by Crippen LogP contribution is 2.17. The van der Waals surface area contributed by atoms with Gasteiger partial charge >= 0.3 is 0 Å². The van der Waals surface area contributed by atoms with E-state index in [9.17, 15) is 4.21 Å². The molecule has 1 rings (SSSR count). The maximum absolute atomic E-state index is 12.2. The van der Waals surface area contributed by atoms with Crippen molar-refractivity contribution in [2.75, 3.05) is 5.75 Å². The van der Waals surface area contributed by atoms with Gasteiger partial charge in [0.2, 0.25) is 0 Å². The normalized spacial score (nSPS) is 16.5. The Hall–Kier alpha value is -0.670. The Morgan fingerprint density at radius 2 is 2.00 bits per heavy atom. The van der Waals surface area contributed by atoms with Crippen molar-refractivity contribution < 1.29 is 4.21 Å². The fourth-order valence-electron chi connectivity index (χ4n) is 1.79. The maximum atomic E-state index is 12.2. The summed E-state index contributed by atoms with van der Waals surface area (Å²) in [6, 6.07) is 6.06. The molecule has 1 aromatic carbocycles. The largest absolute Gasteiger partial charge is 0.327 e. The first-order valence-corrected chi connectivity index (χ1v) is 7.48. The third kappa shape index (κ3) is 3.93. The average Bonchev–Trinajstić information content (AvgIpc) is 2.27. The molecule has 0 aliphatic heterocycles. The van der Waals surface area contributed by atoms with Crippen LogP contribution in [-0.2, 0) is 10.8 Å². The van der Waals surface area contributed by atoms with Crippen LogP contribution in [0.4, 0.5) is 0 Å². The molecule has 0 spiro atoms. The van der Waals surface area contributed by atoms with E-state index in [2.05, 4.69) is 19.9 Å². The van der Waals surface area contributed by atoms with E-state index in [1.165, 1.54) is 5.56 Å². The van der Waals surface area contributed by atoms with Gasteiger partial charge in [-0.05, 0) is 31.4 Å². The molecule has 1 aromatic rings. The highest BCUT2D eigenvalue weighted by Gasteiger charge is 2.16. The van der Waals surface area contributed by atoms with Gasteiger partial charge in [-0.1, -0.05) is 38.0 Å². The molecule has 3 heteroatoms. The van der Waals surface area contributed by atoms with E-state index >= 15 is 0 Å². The number of nitrogens with two attached hydrogens (primary N) is 1. The minimum atomic E-state index is -0.981. The van der Waals surface area contributed by atoms with E-state index in [4.69, 9.17) is 5.73 Å². The lowest BCUT2D eigenvalue weighted by Crippen LogP contribution is -2.33. The Labute approximate surface area is 107 Å². The Morgan fingerprint density at radius 3 is 2.53 bits per heavy atom. The van der Waals surface area contributed by atoms with Gasteiger partial charge in [-0.25, -0.2) is 0 Å². The molecule has 0 saturated carbocycles. The summed E-state index contributed by atoms with van der Waals surface area (Å²) in [7, 11) is -0.981. The lowest BCUT2D eigenvalue weighted by atomic mass is 10.0. The third-order valence-corrected chi connectivity index (χ3v) is 4.93. The Morgan fingerprint density at radius 1 is 1.35 bits per heavy atom. The van der Waals surface area contributed by atoms with Crippen molar-refractivity contribution in [2.24, 2.45) is 11.7 Å². The summed E-state index contributed by atoms with van der Waals surface area (Å²) >= 11 is 0. The van der Waals surface area contributed by atoms with Gasteiger partial charge in [-0.2, -0.15) is 0 Å². The second kappa shape index (κ2) is 6.31. The van der Waals surface area contributed by atoms with E-state index in [0.717, 1.165) is 16.9 Å². The summed E-state index contributed by atoms with van der Waals surface area (Å²) in [5.74, 6) is 0.975. The van der Waals surface area contributed by atoms with Crippen LogP contribution in [0.5, 0.6) is 0 Å². The molecule has 3 atom stereocenters. The van der Waals surface area contributed by atoms with Crippen LogP contribution in [0.1, 0.15) is 31.4 Å². The zero-order valence-electron chi connectivity index (χ0n) is 11.2. The van der Waals surface area contributed by atoms with Crippen molar-refractivity contribution in [1.29, 1.82) is 0 Å². The molecule has 0 amide bonds. The molecule has 2 nitrogen and oxygen atoms in total. The summed E-state index contributed by atoms with van der Waals surface area (Å²) in [6.45, 7) is 8.29. The van der Waals surface area contributed by atoms with Crippen LogP contribution >= 0.6 is 0 Å². The minimum absolute atomic E-state index is 0.0153. The number of aryl methyl sites for hydroxylation is 2. The van der Waals surface area contributed by atoms with Gasteiger partial charge < -0.3 is 5.73 Å². The zero-order chi connectivity index (χ0) is 13.0. The predicted octanol–water partition coefficient (Wildman–Crippen LogP) is 2.78. The topological polar surface area (TPSA) is 43.1 Å². The summed E-state index contributed by atoms with van der Waals surface area (Å²) in [5.41, 5.74) is 8.35. The molecule has 0 radical (unpaired) electrons. The van der Waals surface area contributed by atoms with E-state index in [1.807, 2.05) is 26.0 Å². The van der Waals surface area contributed by atoms with E-state index in [0.29, 0.717) is 11.7 Å². The van der Waals surface area contributed by atoms with Crippen molar-refractivity contribution in [1.82, 2.24) is 0 Å². The molecule has 17 heavy (non-hydrogen) atoms. The SMILES string of the molecule is CCC(C)C(N)CS(=O)c1ccc(C)cc1C. The van der Waals surface area contributed by atoms with Crippen LogP contribution in [-0.4, -0.2) is 16.0 Å². The molecular weight excluding hydrogens is 230 g/mol. The van der Waals surface area contributed by atoms with Gasteiger partial charge in [0.25, 0.3) is 0 Å². The molecule has 0 bridgehead atoms. The first kappa shape index (κ1) is 14.4. The zero-order valence-corrected chi connectivity index (χ0v) is 12.0. The maximum Gasteiger partial charge on any atom is 0.0547 e. The van der Waals surface area contributed by atoms with Crippen molar-refractivity contribution in [3.63, 3.8) is 0 Å². The van der Waals surface area contributed by atoms with Crippen molar-refractivity contribution in [3.8, 4) is 0 Å². The second-order valence-corrected chi connectivity index (χ2v) is 6.29. The average molecular weight is 253 g/mol. The van der Waals surface area contributed by atoms with E-state index in [-0.39, 0.29) is 6.04 Å². The number of hydrogen-bond acceptors (Lipinski definition) is 2. The minimum Gasteiger partial charge on any atom is -0.327 e. The Kier molecular flexibility index (Phi) is 5.34. The number of rotatable bonds is 5. The summed E-state index contributed by atoms with van der Waals surface area (Å²) < 4.78 is 12.2. The summed E-state index contributed by atoms with van der Waals surface area (Å²) in [6.07, 6.45) is 1.03. The molecular formula is C14H23NOS. The van der Waals surface area contributed by atoms with Gasteiger partial charge in [0.05, 0.1) is 10.8 Å². The number of benzene rings is 1. The number of hydrogen-bond donors (Lipinski definition) is 1. The molecule has 0 aliphatic rings. The standard InChI is InChI=1S/C14H23NOS/c1-5-11(3)13(15)9-17(16)14-7-6-10(2)8-12(14)4/h6-8,11,13H,5,9,15H2,1-4H3. The lowest BCUT2D eigenvalue weighted by Gasteiger charge is -2.18. The van der Waals surface area contributed by atoms with Crippen molar-refractivity contribution in [2.45, 2.75) is 45.1 Å². The lowest BCUT2D eigenvalue weighted by molar-refractivity contribution is 0.472. The van der Waals surface area contributed by atoms with E-state index in [1.54, 1.807) is 0 Å². The highest BCUT2D eigenvalue weighted by molar-refractivity contribution is 7.85. The van der Waals surface area contributed by atoms with Crippen LogP contribution < -0.4 is 5.73 Å². The summed E-state index contributed by atoms with van der Waals surface area (Å²) in [4.78, 5) is 0.925. The smallest absolute Gasteiger partial charge is 0.0547 e. The fourth-order valence-corrected chi connectivity index (χ4v) is 3.28. The van der Waals surface area contributed by atoms with Crippen molar-refractivity contribution >= 4 is 10.8 Å². The van der Waals surface area contributed by atoms with Gasteiger partial charge in [-0.15, -0.1) is 0 Å². The fraction of sp³-hybridized carbons (Fsp3) is 0.571. The Bertz CT molecular complexity index is 403. The van der Waals surface area contributed by atoms with Gasteiger partial charge in [0.1, 0.15) is 0 Å². The Balaban J connectivity index is 2.76. The predicted molar refractivity (Wildman–Crippen MR) is 74.6 cm³/mol. The molecule has 2 N–H and O–H groups in total. The van der Waals surface area contributed by atoms with Crippen LogP contribution in [0.3, 0.4) is 0 Å². The molecule has 96 valence electrons. The monoisotopic (exact) mass is 253 g/mol. The third-order valence-electron chi connectivity index (χ3n) is 3.29. The summed E-state index contributed by atoms with van der Waals surface area (Å²) in [5, 5.41) is 0.